The van der Waals surface area contributed by atoms with E-state index < -0.39 is 10.0 Å². The van der Waals surface area contributed by atoms with E-state index >= 15 is 0 Å². The average molecular weight is 429 g/mol. The number of nitrogens with zero attached hydrogens (tertiary/aromatic N) is 1. The highest BCUT2D eigenvalue weighted by atomic mass is 35.5. The number of rotatable bonds is 7. The maximum Gasteiger partial charge on any atom is 0.242 e. The molecule has 1 fully saturated rings. The summed E-state index contributed by atoms with van der Waals surface area (Å²) in [4.78, 5) is 2.28. The van der Waals surface area contributed by atoms with Crippen molar-refractivity contribution in [2.24, 2.45) is 0 Å². The molecular formula is C19H22Cl2N2O3S. The Hall–Kier alpha value is -1.31. The Balaban J connectivity index is 1.85. The van der Waals surface area contributed by atoms with Gasteiger partial charge in [0.1, 0.15) is 10.6 Å². The van der Waals surface area contributed by atoms with Crippen LogP contribution in [0.2, 0.25) is 10.0 Å². The molecule has 2 aromatic carbocycles. The maximum absolute atomic E-state index is 12.8. The molecule has 8 heteroatoms. The number of methoxy groups -OCH3 is 1. The van der Waals surface area contributed by atoms with E-state index in [2.05, 4.69) is 9.62 Å². The molecule has 1 N–H and O–H groups in total. The molecule has 3 rings (SSSR count). The van der Waals surface area contributed by atoms with Gasteiger partial charge in [-0.25, -0.2) is 13.1 Å². The van der Waals surface area contributed by atoms with E-state index in [1.807, 2.05) is 24.3 Å². The number of hydrogen-bond acceptors (Lipinski definition) is 4. The summed E-state index contributed by atoms with van der Waals surface area (Å²) < 4.78 is 33.6. The summed E-state index contributed by atoms with van der Waals surface area (Å²) >= 11 is 12.0. The van der Waals surface area contributed by atoms with Gasteiger partial charge in [-0.2, -0.15) is 0 Å². The van der Waals surface area contributed by atoms with Gasteiger partial charge in [-0.15, -0.1) is 0 Å². The van der Waals surface area contributed by atoms with Gasteiger partial charge in [-0.1, -0.05) is 35.3 Å². The fraction of sp³-hybridized carbons (Fsp3) is 0.368. The number of sulfonamides is 1. The van der Waals surface area contributed by atoms with Crippen molar-refractivity contribution < 1.29 is 13.2 Å². The van der Waals surface area contributed by atoms with Crippen molar-refractivity contribution in [1.82, 2.24) is 9.62 Å². The minimum atomic E-state index is -3.79. The van der Waals surface area contributed by atoms with Crippen LogP contribution in [0.4, 0.5) is 0 Å². The van der Waals surface area contributed by atoms with Crippen LogP contribution < -0.4 is 9.46 Å². The van der Waals surface area contributed by atoms with Gasteiger partial charge >= 0.3 is 0 Å². The Labute approximate surface area is 170 Å². The Morgan fingerprint density at radius 2 is 1.89 bits per heavy atom. The molecule has 27 heavy (non-hydrogen) atoms. The largest absolute Gasteiger partial charge is 0.497 e. The Bertz CT molecular complexity index is 900. The molecule has 0 saturated carbocycles. The van der Waals surface area contributed by atoms with Crippen LogP contribution in [0.3, 0.4) is 0 Å². The molecule has 1 heterocycles. The Kier molecular flexibility index (Phi) is 6.65. The molecule has 0 amide bonds. The van der Waals surface area contributed by atoms with Crippen molar-refractivity contribution in [3.05, 3.63) is 58.1 Å². The fourth-order valence-electron chi connectivity index (χ4n) is 3.31. The zero-order chi connectivity index (χ0) is 19.4. The van der Waals surface area contributed by atoms with Crippen LogP contribution >= 0.6 is 23.2 Å². The lowest BCUT2D eigenvalue weighted by Gasteiger charge is -2.28. The predicted octanol–water partition coefficient (Wildman–Crippen LogP) is 4.12. The summed E-state index contributed by atoms with van der Waals surface area (Å²) in [5, 5.41) is 0.467. The van der Waals surface area contributed by atoms with Crippen molar-refractivity contribution >= 4 is 33.2 Å². The number of likely N-dealkylation sites (tertiary alicyclic amines) is 1. The number of hydrogen-bond donors (Lipinski definition) is 1. The van der Waals surface area contributed by atoms with Gasteiger partial charge in [0.15, 0.2) is 0 Å². The summed E-state index contributed by atoms with van der Waals surface area (Å²) in [6.07, 6.45) is 2.21. The summed E-state index contributed by atoms with van der Waals surface area (Å²) in [6, 6.07) is 12.1. The minimum Gasteiger partial charge on any atom is -0.497 e. The third-order valence-corrected chi connectivity index (χ3v) is 6.85. The van der Waals surface area contributed by atoms with Crippen LogP contribution in [0.15, 0.2) is 47.4 Å². The smallest absolute Gasteiger partial charge is 0.242 e. The molecule has 5 nitrogen and oxygen atoms in total. The summed E-state index contributed by atoms with van der Waals surface area (Å²) in [5.74, 6) is 0.748. The molecule has 0 radical (unpaired) electrons. The minimum absolute atomic E-state index is 0.0116. The van der Waals surface area contributed by atoms with Gasteiger partial charge in [-0.3, -0.25) is 4.90 Å². The second-order valence-corrected chi connectivity index (χ2v) is 9.04. The highest BCUT2D eigenvalue weighted by Gasteiger charge is 2.27. The van der Waals surface area contributed by atoms with Crippen molar-refractivity contribution in [3.8, 4) is 5.75 Å². The highest BCUT2D eigenvalue weighted by Crippen LogP contribution is 2.29. The van der Waals surface area contributed by atoms with Crippen LogP contribution in [0.1, 0.15) is 24.4 Å². The first kappa shape index (κ1) is 20.4. The van der Waals surface area contributed by atoms with Crippen LogP contribution in [0.25, 0.3) is 0 Å². The topological polar surface area (TPSA) is 58.6 Å². The van der Waals surface area contributed by atoms with Gasteiger partial charge < -0.3 is 4.74 Å². The number of ether oxygens (including phenoxy) is 1. The van der Waals surface area contributed by atoms with E-state index in [4.69, 9.17) is 27.9 Å². The Morgan fingerprint density at radius 3 is 2.59 bits per heavy atom. The predicted molar refractivity (Wildman–Crippen MR) is 108 cm³/mol. The van der Waals surface area contributed by atoms with E-state index in [-0.39, 0.29) is 22.5 Å². The van der Waals surface area contributed by atoms with E-state index in [1.54, 1.807) is 13.2 Å². The van der Waals surface area contributed by atoms with Crippen LogP contribution in [-0.2, 0) is 10.0 Å². The zero-order valence-electron chi connectivity index (χ0n) is 15.0. The van der Waals surface area contributed by atoms with Crippen LogP contribution in [-0.4, -0.2) is 40.1 Å². The third kappa shape index (κ3) is 4.95. The second-order valence-electron chi connectivity index (χ2n) is 6.46. The first-order valence-corrected chi connectivity index (χ1v) is 11.0. The van der Waals surface area contributed by atoms with Crippen molar-refractivity contribution in [3.63, 3.8) is 0 Å². The monoisotopic (exact) mass is 428 g/mol. The van der Waals surface area contributed by atoms with Crippen LogP contribution in [0, 0.1) is 0 Å². The van der Waals surface area contributed by atoms with Gasteiger partial charge in [0, 0.05) is 17.6 Å². The molecule has 1 unspecified atom stereocenters. The molecule has 0 aliphatic carbocycles. The van der Waals surface area contributed by atoms with Gasteiger partial charge in [-0.05, 0) is 61.8 Å². The first-order chi connectivity index (χ1) is 12.9. The second kappa shape index (κ2) is 8.80. The van der Waals surface area contributed by atoms with Gasteiger partial charge in [0.2, 0.25) is 10.0 Å². The quantitative estimate of drug-likeness (QED) is 0.720. The normalized spacial score (nSPS) is 16.4. The molecule has 1 atom stereocenters. The molecule has 0 spiro atoms. The molecule has 1 aliphatic rings. The lowest BCUT2D eigenvalue weighted by atomic mass is 10.1. The standard InChI is InChI=1S/C19H22Cl2N2O3S/c1-26-16-6-4-5-14(11-16)18(23-9-2-3-10-23)13-22-27(24,25)19-12-15(20)7-8-17(19)21/h4-8,11-12,18,22H,2-3,9-10,13H2,1H3. The van der Waals surface area contributed by atoms with E-state index in [1.165, 1.54) is 12.1 Å². The fourth-order valence-corrected chi connectivity index (χ4v) is 5.11. The van der Waals surface area contributed by atoms with Gasteiger partial charge in [0.05, 0.1) is 12.1 Å². The highest BCUT2D eigenvalue weighted by molar-refractivity contribution is 7.89. The summed E-state index contributed by atoms with van der Waals surface area (Å²) in [7, 11) is -2.17. The van der Waals surface area contributed by atoms with E-state index in [0.29, 0.717) is 5.02 Å². The van der Waals surface area contributed by atoms with Gasteiger partial charge in [0.25, 0.3) is 0 Å². The number of nitrogens with one attached hydrogen (secondary N) is 1. The summed E-state index contributed by atoms with van der Waals surface area (Å²) in [5.41, 5.74) is 1.01. The van der Waals surface area contributed by atoms with Crippen molar-refractivity contribution in [2.75, 3.05) is 26.7 Å². The lowest BCUT2D eigenvalue weighted by molar-refractivity contribution is 0.246. The Morgan fingerprint density at radius 1 is 1.15 bits per heavy atom. The lowest BCUT2D eigenvalue weighted by Crippen LogP contribution is -2.36. The summed E-state index contributed by atoms with van der Waals surface area (Å²) in [6.45, 7) is 2.10. The number of halogens is 2. The number of benzene rings is 2. The van der Waals surface area contributed by atoms with E-state index in [0.717, 1.165) is 37.2 Å². The van der Waals surface area contributed by atoms with Crippen LogP contribution in [0.5, 0.6) is 5.75 Å². The molecule has 1 saturated heterocycles. The molecular weight excluding hydrogens is 407 g/mol. The maximum atomic E-state index is 12.8. The van der Waals surface area contributed by atoms with E-state index in [9.17, 15) is 8.42 Å². The molecule has 146 valence electrons. The molecule has 0 bridgehead atoms. The van der Waals surface area contributed by atoms with Crippen molar-refractivity contribution in [2.45, 2.75) is 23.8 Å². The first-order valence-electron chi connectivity index (χ1n) is 8.73. The molecule has 2 aromatic rings. The average Bonchev–Trinajstić information content (AvgIpc) is 3.18. The third-order valence-electron chi connectivity index (χ3n) is 4.71. The zero-order valence-corrected chi connectivity index (χ0v) is 17.3. The molecule has 0 aromatic heterocycles. The molecule has 1 aliphatic heterocycles. The van der Waals surface area contributed by atoms with Crippen molar-refractivity contribution in [1.29, 1.82) is 0 Å². The SMILES string of the molecule is COc1cccc(C(CNS(=O)(=O)c2cc(Cl)ccc2Cl)N2CCCC2)c1.